The van der Waals surface area contributed by atoms with Crippen molar-refractivity contribution in [3.05, 3.63) is 78.1 Å². The molecule has 0 bridgehead atoms. The van der Waals surface area contributed by atoms with Gasteiger partial charge in [0.25, 0.3) is 15.9 Å². The first-order chi connectivity index (χ1) is 17.2. The van der Waals surface area contributed by atoms with Crippen molar-refractivity contribution >= 4 is 50.3 Å². The summed E-state index contributed by atoms with van der Waals surface area (Å²) in [6.07, 6.45) is 2.04. The molecule has 0 atom stereocenters. The number of rotatable bonds is 7. The van der Waals surface area contributed by atoms with Crippen LogP contribution in [0.1, 0.15) is 23.2 Å². The summed E-state index contributed by atoms with van der Waals surface area (Å²) < 4.78 is 47.0. The van der Waals surface area contributed by atoms with E-state index in [1.807, 2.05) is 0 Å². The van der Waals surface area contributed by atoms with Crippen molar-refractivity contribution in [3.63, 3.8) is 0 Å². The van der Waals surface area contributed by atoms with Crippen molar-refractivity contribution in [1.29, 1.82) is 0 Å². The SMILES string of the molecule is COc1ccc(NS(=O)(=O)c2ccc(N3CCCC3)c(NC(=S)NC(=O)c3ccc(F)cc3)c2)cc1. The van der Waals surface area contributed by atoms with Gasteiger partial charge in [0, 0.05) is 24.3 Å². The second-order valence-electron chi connectivity index (χ2n) is 8.12. The summed E-state index contributed by atoms with van der Waals surface area (Å²) in [5, 5.41) is 5.51. The van der Waals surface area contributed by atoms with Gasteiger partial charge in [-0.3, -0.25) is 14.8 Å². The van der Waals surface area contributed by atoms with E-state index >= 15 is 0 Å². The number of anilines is 3. The number of benzene rings is 3. The van der Waals surface area contributed by atoms with E-state index in [0.717, 1.165) is 31.6 Å². The fourth-order valence-corrected chi connectivity index (χ4v) is 5.11. The second kappa shape index (κ2) is 10.9. The van der Waals surface area contributed by atoms with E-state index < -0.39 is 21.7 Å². The fraction of sp³-hybridized carbons (Fsp3) is 0.200. The molecule has 8 nitrogen and oxygen atoms in total. The third-order valence-electron chi connectivity index (χ3n) is 5.65. The van der Waals surface area contributed by atoms with Crippen LogP contribution in [0.5, 0.6) is 5.75 Å². The van der Waals surface area contributed by atoms with Gasteiger partial charge in [-0.05, 0) is 91.8 Å². The van der Waals surface area contributed by atoms with E-state index in [0.29, 0.717) is 17.1 Å². The maximum Gasteiger partial charge on any atom is 0.261 e. The van der Waals surface area contributed by atoms with E-state index in [4.69, 9.17) is 17.0 Å². The molecular formula is C25H25FN4O4S2. The zero-order valence-electron chi connectivity index (χ0n) is 19.5. The van der Waals surface area contributed by atoms with Crippen LogP contribution in [0.3, 0.4) is 0 Å². The second-order valence-corrected chi connectivity index (χ2v) is 10.2. The van der Waals surface area contributed by atoms with E-state index in [2.05, 4.69) is 20.3 Å². The van der Waals surface area contributed by atoms with Gasteiger partial charge in [-0.2, -0.15) is 0 Å². The van der Waals surface area contributed by atoms with Crippen LogP contribution in [-0.2, 0) is 10.0 Å². The van der Waals surface area contributed by atoms with E-state index in [1.54, 1.807) is 30.3 Å². The van der Waals surface area contributed by atoms with Crippen LogP contribution in [-0.4, -0.2) is 39.6 Å². The van der Waals surface area contributed by atoms with Crippen molar-refractivity contribution in [3.8, 4) is 5.75 Å². The summed E-state index contributed by atoms with van der Waals surface area (Å²) in [6, 6.07) is 16.3. The van der Waals surface area contributed by atoms with Crippen LogP contribution in [0.15, 0.2) is 71.6 Å². The maximum atomic E-state index is 13.2. The maximum absolute atomic E-state index is 13.2. The van der Waals surface area contributed by atoms with Crippen molar-refractivity contribution in [2.75, 3.05) is 35.1 Å². The molecule has 4 rings (SSSR count). The Labute approximate surface area is 214 Å². The average Bonchev–Trinajstić information content (AvgIpc) is 3.39. The summed E-state index contributed by atoms with van der Waals surface area (Å²) in [7, 11) is -2.39. The number of amides is 1. The molecule has 1 aliphatic heterocycles. The van der Waals surface area contributed by atoms with Gasteiger partial charge in [0.2, 0.25) is 0 Å². The standard InChI is InChI=1S/C25H25FN4O4S2/c1-34-20-10-8-19(9-11-20)29-36(32,33)21-12-13-23(30-14-2-3-15-30)22(16-21)27-25(35)28-24(31)17-4-6-18(26)7-5-17/h4-13,16,29H,2-3,14-15H2,1H3,(H2,27,28,31,35). The Kier molecular flexibility index (Phi) is 7.70. The highest BCUT2D eigenvalue weighted by Gasteiger charge is 2.21. The average molecular weight is 529 g/mol. The molecule has 0 spiro atoms. The summed E-state index contributed by atoms with van der Waals surface area (Å²) in [5.74, 6) is -0.362. The Hall–Kier alpha value is -3.70. The summed E-state index contributed by atoms with van der Waals surface area (Å²) in [6.45, 7) is 1.64. The number of halogens is 1. The molecule has 1 heterocycles. The number of nitrogens with zero attached hydrogens (tertiary/aromatic N) is 1. The fourth-order valence-electron chi connectivity index (χ4n) is 3.82. The van der Waals surface area contributed by atoms with Gasteiger partial charge in [-0.15, -0.1) is 0 Å². The smallest absolute Gasteiger partial charge is 0.261 e. The van der Waals surface area contributed by atoms with Gasteiger partial charge in [0.15, 0.2) is 5.11 Å². The first kappa shape index (κ1) is 25.4. The van der Waals surface area contributed by atoms with Gasteiger partial charge >= 0.3 is 0 Å². The molecule has 0 aromatic heterocycles. The summed E-state index contributed by atoms with van der Waals surface area (Å²) >= 11 is 5.33. The lowest BCUT2D eigenvalue weighted by atomic mass is 10.2. The van der Waals surface area contributed by atoms with Crippen molar-refractivity contribution in [1.82, 2.24) is 5.32 Å². The largest absolute Gasteiger partial charge is 0.497 e. The zero-order valence-corrected chi connectivity index (χ0v) is 21.1. The molecule has 0 radical (unpaired) electrons. The number of carbonyl (C=O) groups excluding carboxylic acids is 1. The molecule has 3 aromatic carbocycles. The van der Waals surface area contributed by atoms with E-state index in [-0.39, 0.29) is 15.6 Å². The molecule has 36 heavy (non-hydrogen) atoms. The molecule has 11 heteroatoms. The number of hydrogen-bond donors (Lipinski definition) is 3. The van der Waals surface area contributed by atoms with Gasteiger partial charge in [0.1, 0.15) is 11.6 Å². The number of nitrogens with one attached hydrogen (secondary N) is 3. The monoisotopic (exact) mass is 528 g/mol. The number of ether oxygens (including phenoxy) is 1. The predicted molar refractivity (Wildman–Crippen MR) is 142 cm³/mol. The molecule has 188 valence electrons. The van der Waals surface area contributed by atoms with Crippen LogP contribution in [0, 0.1) is 5.82 Å². The molecule has 1 amide bonds. The van der Waals surface area contributed by atoms with Crippen LogP contribution in [0.4, 0.5) is 21.5 Å². The van der Waals surface area contributed by atoms with Gasteiger partial charge in [-0.25, -0.2) is 12.8 Å². The zero-order chi connectivity index (χ0) is 25.7. The molecule has 1 aliphatic rings. The van der Waals surface area contributed by atoms with E-state index in [9.17, 15) is 17.6 Å². The molecule has 1 saturated heterocycles. The van der Waals surface area contributed by atoms with Crippen LogP contribution >= 0.6 is 12.2 Å². The minimum atomic E-state index is -3.92. The molecule has 1 fully saturated rings. The molecular weight excluding hydrogens is 503 g/mol. The summed E-state index contributed by atoms with van der Waals surface area (Å²) in [5.41, 5.74) is 1.84. The predicted octanol–water partition coefficient (Wildman–Crippen LogP) is 4.36. The molecule has 0 saturated carbocycles. The Bertz CT molecular complexity index is 1360. The normalized spacial score (nSPS) is 13.2. The number of hydrogen-bond acceptors (Lipinski definition) is 6. The van der Waals surface area contributed by atoms with E-state index in [1.165, 1.54) is 43.5 Å². The molecule has 0 aliphatic carbocycles. The Morgan fingerprint density at radius 1 is 1.00 bits per heavy atom. The van der Waals surface area contributed by atoms with Crippen LogP contribution in [0.25, 0.3) is 0 Å². The quantitative estimate of drug-likeness (QED) is 0.392. The lowest BCUT2D eigenvalue weighted by molar-refractivity contribution is 0.0977. The Morgan fingerprint density at radius 3 is 2.31 bits per heavy atom. The molecule has 0 unspecified atom stereocenters. The molecule has 3 aromatic rings. The lowest BCUT2D eigenvalue weighted by Gasteiger charge is -2.23. The van der Waals surface area contributed by atoms with Crippen molar-refractivity contribution < 1.29 is 22.3 Å². The Balaban J connectivity index is 1.57. The third-order valence-corrected chi connectivity index (χ3v) is 7.23. The number of carbonyl (C=O) groups is 1. The van der Waals surface area contributed by atoms with Gasteiger partial charge in [0.05, 0.1) is 23.4 Å². The number of sulfonamides is 1. The third kappa shape index (κ3) is 6.10. The van der Waals surface area contributed by atoms with Crippen molar-refractivity contribution in [2.24, 2.45) is 0 Å². The first-order valence-electron chi connectivity index (χ1n) is 11.2. The highest BCUT2D eigenvalue weighted by molar-refractivity contribution is 7.92. The van der Waals surface area contributed by atoms with Crippen LogP contribution < -0.4 is 25.0 Å². The molecule has 3 N–H and O–H groups in total. The first-order valence-corrected chi connectivity index (χ1v) is 13.1. The minimum Gasteiger partial charge on any atom is -0.497 e. The topological polar surface area (TPSA) is 99.8 Å². The van der Waals surface area contributed by atoms with Gasteiger partial charge < -0.3 is 15.0 Å². The van der Waals surface area contributed by atoms with Crippen molar-refractivity contribution in [2.45, 2.75) is 17.7 Å². The highest BCUT2D eigenvalue weighted by Crippen LogP contribution is 2.32. The van der Waals surface area contributed by atoms with Crippen LogP contribution in [0.2, 0.25) is 0 Å². The minimum absolute atomic E-state index is 0.0116. The van der Waals surface area contributed by atoms with Gasteiger partial charge in [-0.1, -0.05) is 0 Å². The Morgan fingerprint density at radius 2 is 1.67 bits per heavy atom. The highest BCUT2D eigenvalue weighted by atomic mass is 32.2. The number of methoxy groups -OCH3 is 1. The summed E-state index contributed by atoms with van der Waals surface area (Å²) in [4.78, 5) is 14.6. The lowest BCUT2D eigenvalue weighted by Crippen LogP contribution is -2.34. The number of thiocarbonyl (C=S) groups is 1.